The fourth-order valence-electron chi connectivity index (χ4n) is 8.74. The first-order valence-electron chi connectivity index (χ1n) is 22.3. The summed E-state index contributed by atoms with van der Waals surface area (Å²) in [5.74, 6) is -2.96. The number of ether oxygens (including phenoxy) is 5. The number of hydrogen-bond acceptors (Lipinski definition) is 13. The third kappa shape index (κ3) is 14.5. The first-order valence-corrected chi connectivity index (χ1v) is 23.7. The fourth-order valence-corrected chi connectivity index (χ4v) is 9.21. The van der Waals surface area contributed by atoms with Crippen molar-refractivity contribution in [3.05, 3.63) is 11.6 Å². The number of hydrogen-bond donors (Lipinski definition) is 5. The van der Waals surface area contributed by atoms with Gasteiger partial charge in [0.05, 0.1) is 31.2 Å². The molecule has 3 saturated heterocycles. The molecule has 63 heavy (non-hydrogen) atoms. The predicted molar refractivity (Wildman–Crippen MR) is 235 cm³/mol. The van der Waals surface area contributed by atoms with Crippen LogP contribution in [0, 0.1) is 17.8 Å². The molecular formula is C44H72N6O12S. The number of esters is 1. The quantitative estimate of drug-likeness (QED) is 0.0564. The molecule has 1 saturated carbocycles. The molecular weight excluding hydrogens is 837 g/mol. The van der Waals surface area contributed by atoms with Crippen LogP contribution in [0.25, 0.3) is 0 Å². The molecule has 1 aliphatic carbocycles. The molecule has 3 aliphatic heterocycles. The molecule has 5 N–H and O–H groups in total. The second kappa shape index (κ2) is 23.3. The Bertz CT molecular complexity index is 1670. The second-order valence-electron chi connectivity index (χ2n) is 18.4. The molecule has 3 heterocycles. The zero-order valence-electron chi connectivity index (χ0n) is 38.8. The zero-order chi connectivity index (χ0) is 46.6. The SMILES string of the molecule is CO[C@@H]1[C@H](OC(=O)N[C@@H](COC(=O)CNC(=O)[C@H](CCSC)NC(=O)CNC(=O)[C@H](CC(C)C)NC(=O)[C@@H]2CCCN2C(C)=O)C(C)C)CC[C@]2(CO2)[C@H]1[C@@]1(C)O[C@@H]1CC=C(C)C. The summed E-state index contributed by atoms with van der Waals surface area (Å²) in [6.07, 6.45) is 6.07. The van der Waals surface area contributed by atoms with Gasteiger partial charge in [0.1, 0.15) is 54.7 Å². The summed E-state index contributed by atoms with van der Waals surface area (Å²) >= 11 is 1.46. The van der Waals surface area contributed by atoms with Crippen LogP contribution in [0.4, 0.5) is 4.79 Å². The summed E-state index contributed by atoms with van der Waals surface area (Å²) in [6.45, 7) is 15.0. The lowest BCUT2D eigenvalue weighted by atomic mass is 9.68. The lowest BCUT2D eigenvalue weighted by molar-refractivity contribution is -0.145. The van der Waals surface area contributed by atoms with Gasteiger partial charge in [0.2, 0.25) is 29.5 Å². The largest absolute Gasteiger partial charge is 0.462 e. The standard InChI is InChI=1S/C44H72N6O12S/c1-25(2)13-14-34-43(8,62-34)38-37(58-9)33(15-17-44(38)24-60-44)61-42(57)49-31(27(5)6)23-59-36(53)22-46-39(54)29(16-19-63-10)47-35(52)21-45-40(55)30(20-26(3)4)48-41(56)32-12-11-18-50(32)28(7)51/h13,26-27,29-34,37-38H,11-12,14-24H2,1-10H3,(H,45,55)(H,46,54)(H,47,52)(H,48,56)(H,49,57)/t29-,30-,31-,32-,33+,34+,37+,38+,43-,44-/m0/s1. The molecule has 4 rings (SSSR count). The minimum atomic E-state index is -1.02. The molecule has 356 valence electrons. The van der Waals surface area contributed by atoms with Gasteiger partial charge < -0.3 is 55.2 Å². The summed E-state index contributed by atoms with van der Waals surface area (Å²) in [7, 11) is 1.61. The smallest absolute Gasteiger partial charge is 0.407 e. The van der Waals surface area contributed by atoms with E-state index in [1.54, 1.807) is 7.11 Å². The van der Waals surface area contributed by atoms with Gasteiger partial charge in [0, 0.05) is 20.6 Å². The van der Waals surface area contributed by atoms with Crippen LogP contribution in [0.5, 0.6) is 0 Å². The van der Waals surface area contributed by atoms with Crippen molar-refractivity contribution < 1.29 is 57.2 Å². The van der Waals surface area contributed by atoms with E-state index < -0.39 is 90.8 Å². The van der Waals surface area contributed by atoms with E-state index in [9.17, 15) is 33.6 Å². The van der Waals surface area contributed by atoms with E-state index in [0.29, 0.717) is 51.0 Å². The van der Waals surface area contributed by atoms with Crippen LogP contribution >= 0.6 is 11.8 Å². The maximum Gasteiger partial charge on any atom is 0.407 e. The molecule has 0 radical (unpaired) electrons. The molecule has 19 heteroatoms. The van der Waals surface area contributed by atoms with Crippen molar-refractivity contribution in [2.75, 3.05) is 52.0 Å². The van der Waals surface area contributed by atoms with Gasteiger partial charge in [-0.2, -0.15) is 11.8 Å². The lowest BCUT2D eigenvalue weighted by Crippen LogP contribution is -2.56. The number of alkyl carbamates (subject to hydrolysis) is 1. The number of carbonyl (C=O) groups excluding carboxylic acids is 7. The molecule has 1 spiro atoms. The van der Waals surface area contributed by atoms with Crippen molar-refractivity contribution in [3.63, 3.8) is 0 Å². The van der Waals surface area contributed by atoms with Crippen LogP contribution in [0.15, 0.2) is 11.6 Å². The molecule has 10 atom stereocenters. The monoisotopic (exact) mass is 908 g/mol. The molecule has 0 unspecified atom stereocenters. The Morgan fingerprint density at radius 1 is 0.937 bits per heavy atom. The highest BCUT2D eigenvalue weighted by atomic mass is 32.2. The number of likely N-dealkylation sites (tertiary alicyclic amines) is 1. The van der Waals surface area contributed by atoms with E-state index in [4.69, 9.17) is 23.7 Å². The second-order valence-corrected chi connectivity index (χ2v) is 19.4. The first-order chi connectivity index (χ1) is 29.7. The number of methoxy groups -OCH3 is 1. The van der Waals surface area contributed by atoms with E-state index in [1.165, 1.54) is 29.2 Å². The van der Waals surface area contributed by atoms with Crippen LogP contribution < -0.4 is 26.6 Å². The first kappa shape index (κ1) is 51.7. The topological polar surface area (TPSA) is 236 Å². The van der Waals surface area contributed by atoms with Crippen LogP contribution in [0.1, 0.15) is 100 Å². The Morgan fingerprint density at radius 3 is 2.22 bits per heavy atom. The highest BCUT2D eigenvalue weighted by Gasteiger charge is 2.72. The van der Waals surface area contributed by atoms with Gasteiger partial charge >= 0.3 is 12.1 Å². The van der Waals surface area contributed by atoms with Crippen molar-refractivity contribution in [3.8, 4) is 0 Å². The fraction of sp³-hybridized carbons (Fsp3) is 0.795. The number of rotatable bonds is 23. The molecule has 0 aromatic rings. The molecule has 0 aromatic heterocycles. The maximum atomic E-state index is 13.3. The molecule has 0 bridgehead atoms. The number of thioether (sulfide) groups is 1. The normalized spacial score (nSPS) is 27.4. The van der Waals surface area contributed by atoms with Crippen molar-refractivity contribution in [1.82, 2.24) is 31.5 Å². The highest BCUT2D eigenvalue weighted by Crippen LogP contribution is 2.59. The van der Waals surface area contributed by atoms with Gasteiger partial charge in [-0.25, -0.2) is 4.79 Å². The van der Waals surface area contributed by atoms with Crippen molar-refractivity contribution in [2.24, 2.45) is 17.8 Å². The number of amides is 6. The van der Waals surface area contributed by atoms with E-state index in [0.717, 1.165) is 6.42 Å². The van der Waals surface area contributed by atoms with Crippen LogP contribution in [-0.4, -0.2) is 152 Å². The number of allylic oxidation sites excluding steroid dienone is 1. The van der Waals surface area contributed by atoms with Gasteiger partial charge in [0.15, 0.2) is 0 Å². The minimum Gasteiger partial charge on any atom is -0.462 e. The molecule has 4 aliphatic rings. The van der Waals surface area contributed by atoms with Crippen LogP contribution in [0.2, 0.25) is 0 Å². The lowest BCUT2D eigenvalue weighted by Gasteiger charge is -2.42. The molecule has 4 fully saturated rings. The van der Waals surface area contributed by atoms with Gasteiger partial charge in [-0.15, -0.1) is 0 Å². The Labute approximate surface area is 376 Å². The molecule has 6 amide bonds. The molecule has 18 nitrogen and oxygen atoms in total. The third-order valence-electron chi connectivity index (χ3n) is 12.4. The minimum absolute atomic E-state index is 0.00789. The van der Waals surface area contributed by atoms with E-state index in [1.807, 2.05) is 34.0 Å². The van der Waals surface area contributed by atoms with E-state index in [-0.39, 0.29) is 48.4 Å². The van der Waals surface area contributed by atoms with Crippen molar-refractivity contribution >= 4 is 53.4 Å². The number of nitrogens with zero attached hydrogens (tertiary/aromatic N) is 1. The Balaban J connectivity index is 1.24. The number of nitrogens with one attached hydrogen (secondary N) is 5. The maximum absolute atomic E-state index is 13.3. The Hall–Kier alpha value is -3.94. The Morgan fingerprint density at radius 2 is 1.62 bits per heavy atom. The predicted octanol–water partition coefficient (Wildman–Crippen LogP) is 2.37. The summed E-state index contributed by atoms with van der Waals surface area (Å²) in [5.41, 5.74) is 0.354. The average Bonchev–Trinajstić information content (AvgIpc) is 4.07. The Kier molecular flexibility index (Phi) is 19.1. The average molecular weight is 909 g/mol. The van der Waals surface area contributed by atoms with Gasteiger partial charge in [-0.1, -0.05) is 39.3 Å². The van der Waals surface area contributed by atoms with Crippen LogP contribution in [-0.2, 0) is 52.5 Å². The number of carbonyl (C=O) groups is 7. The summed E-state index contributed by atoms with van der Waals surface area (Å²) in [4.78, 5) is 92.1. The van der Waals surface area contributed by atoms with Crippen molar-refractivity contribution in [1.29, 1.82) is 0 Å². The highest BCUT2D eigenvalue weighted by molar-refractivity contribution is 7.98. The van der Waals surface area contributed by atoms with Gasteiger partial charge in [0.25, 0.3) is 0 Å². The number of epoxide rings is 2. The summed E-state index contributed by atoms with van der Waals surface area (Å²) in [5, 5.41) is 13.3. The summed E-state index contributed by atoms with van der Waals surface area (Å²) < 4.78 is 29.7. The van der Waals surface area contributed by atoms with Gasteiger partial charge in [-0.05, 0) is 89.6 Å². The zero-order valence-corrected chi connectivity index (χ0v) is 39.6. The van der Waals surface area contributed by atoms with Gasteiger partial charge in [-0.3, -0.25) is 28.8 Å². The third-order valence-corrected chi connectivity index (χ3v) is 13.1. The summed E-state index contributed by atoms with van der Waals surface area (Å²) in [6, 6.07) is -3.22. The van der Waals surface area contributed by atoms with Crippen LogP contribution in [0.3, 0.4) is 0 Å². The van der Waals surface area contributed by atoms with E-state index >= 15 is 0 Å². The van der Waals surface area contributed by atoms with E-state index in [2.05, 4.69) is 53.4 Å². The van der Waals surface area contributed by atoms with Crippen molar-refractivity contribution in [2.45, 2.75) is 154 Å². The molecule has 0 aromatic carbocycles.